The number of amides is 2. The zero-order valence-electron chi connectivity index (χ0n) is 21.6. The number of sulfonamides is 1. The van der Waals surface area contributed by atoms with Crippen LogP contribution >= 0.6 is 23.2 Å². The van der Waals surface area contributed by atoms with Gasteiger partial charge in [-0.3, -0.25) is 13.9 Å². The molecule has 0 heterocycles. The summed E-state index contributed by atoms with van der Waals surface area (Å²) in [5.41, 5.74) is 1.90. The van der Waals surface area contributed by atoms with Gasteiger partial charge >= 0.3 is 0 Å². The Hall–Kier alpha value is -2.29. The summed E-state index contributed by atoms with van der Waals surface area (Å²) < 4.78 is 26.8. The Kier molecular flexibility index (Phi) is 10.6. The number of nitrogens with one attached hydrogen (secondary N) is 1. The summed E-state index contributed by atoms with van der Waals surface area (Å²) in [6.07, 6.45) is 1.80. The van der Waals surface area contributed by atoms with Gasteiger partial charge < -0.3 is 10.2 Å². The predicted molar refractivity (Wildman–Crippen MR) is 147 cm³/mol. The number of carbonyl (C=O) groups is 2. The predicted octanol–water partition coefficient (Wildman–Crippen LogP) is 5.21. The van der Waals surface area contributed by atoms with E-state index >= 15 is 0 Å². The van der Waals surface area contributed by atoms with Gasteiger partial charge in [-0.2, -0.15) is 0 Å². The minimum atomic E-state index is -3.81. The van der Waals surface area contributed by atoms with Crippen LogP contribution in [0.5, 0.6) is 0 Å². The summed E-state index contributed by atoms with van der Waals surface area (Å²) in [6.45, 7) is 8.96. The highest BCUT2D eigenvalue weighted by Crippen LogP contribution is 2.29. The van der Waals surface area contributed by atoms with Gasteiger partial charge in [0.25, 0.3) is 0 Å². The van der Waals surface area contributed by atoms with Crippen LogP contribution in [0.25, 0.3) is 0 Å². The number of para-hydroxylation sites is 1. The van der Waals surface area contributed by atoms with E-state index < -0.39 is 28.5 Å². The van der Waals surface area contributed by atoms with E-state index in [4.69, 9.17) is 23.2 Å². The number of hydrogen-bond donors (Lipinski definition) is 1. The molecule has 0 bridgehead atoms. The topological polar surface area (TPSA) is 86.8 Å². The zero-order valence-corrected chi connectivity index (χ0v) is 23.9. The van der Waals surface area contributed by atoms with E-state index in [1.165, 1.54) is 4.90 Å². The van der Waals surface area contributed by atoms with Crippen molar-refractivity contribution in [2.45, 2.75) is 65.6 Å². The van der Waals surface area contributed by atoms with Gasteiger partial charge in [-0.15, -0.1) is 0 Å². The molecule has 2 aromatic rings. The van der Waals surface area contributed by atoms with E-state index in [2.05, 4.69) is 5.32 Å². The maximum atomic E-state index is 13.7. The number of benzene rings is 2. The average molecular weight is 557 g/mol. The summed E-state index contributed by atoms with van der Waals surface area (Å²) in [7, 11) is -3.81. The number of nitrogens with zero attached hydrogens (tertiary/aromatic N) is 2. The molecule has 2 amide bonds. The molecule has 1 N–H and O–H groups in total. The number of anilines is 1. The van der Waals surface area contributed by atoms with Gasteiger partial charge in [-0.25, -0.2) is 8.42 Å². The van der Waals surface area contributed by atoms with Crippen molar-refractivity contribution in [2.75, 3.05) is 17.1 Å². The Morgan fingerprint density at radius 2 is 1.64 bits per heavy atom. The molecule has 36 heavy (non-hydrogen) atoms. The summed E-state index contributed by atoms with van der Waals surface area (Å²) in [4.78, 5) is 28.0. The van der Waals surface area contributed by atoms with Crippen LogP contribution in [0, 0.1) is 0 Å². The molecule has 2 atom stereocenters. The average Bonchev–Trinajstić information content (AvgIpc) is 2.81. The minimum absolute atomic E-state index is 0.0353. The van der Waals surface area contributed by atoms with Crippen LogP contribution < -0.4 is 9.62 Å². The molecule has 198 valence electrons. The van der Waals surface area contributed by atoms with Crippen molar-refractivity contribution >= 4 is 50.7 Å². The van der Waals surface area contributed by atoms with Gasteiger partial charge in [-0.1, -0.05) is 68.2 Å². The van der Waals surface area contributed by atoms with Crippen LogP contribution in [0.2, 0.25) is 10.0 Å². The summed E-state index contributed by atoms with van der Waals surface area (Å²) >= 11 is 12.2. The maximum absolute atomic E-state index is 13.7. The lowest BCUT2D eigenvalue weighted by molar-refractivity contribution is -0.139. The first-order chi connectivity index (χ1) is 16.8. The van der Waals surface area contributed by atoms with Crippen LogP contribution in [-0.4, -0.2) is 50.0 Å². The Morgan fingerprint density at radius 3 is 2.19 bits per heavy atom. The Bertz CT molecular complexity index is 1190. The van der Waals surface area contributed by atoms with E-state index in [0.29, 0.717) is 21.3 Å². The third-order valence-corrected chi connectivity index (χ3v) is 7.88. The standard InChI is InChI=1S/C26H35Cl2N3O4S/c1-7-18(4)29-26(33)19(5)30(15-20-12-13-22(27)23(28)14-20)25(32)16-31(36(6,34)35)24-11-9-8-10-21(24)17(2)3/h8-14,17-19H,7,15-16H2,1-6H3,(H,29,33). The number of rotatable bonds is 11. The van der Waals surface area contributed by atoms with E-state index in [9.17, 15) is 18.0 Å². The lowest BCUT2D eigenvalue weighted by Gasteiger charge is -2.32. The SMILES string of the molecule is CCC(C)NC(=O)C(C)N(Cc1ccc(Cl)c(Cl)c1)C(=O)CN(c1ccccc1C(C)C)S(C)(=O)=O. The first-order valence-corrected chi connectivity index (χ1v) is 14.5. The zero-order chi connectivity index (χ0) is 27.2. The number of carbonyl (C=O) groups excluding carboxylic acids is 2. The number of halogens is 2. The van der Waals surface area contributed by atoms with Crippen LogP contribution in [0.3, 0.4) is 0 Å². The van der Waals surface area contributed by atoms with E-state index in [1.807, 2.05) is 39.8 Å². The molecule has 0 saturated heterocycles. The van der Waals surface area contributed by atoms with E-state index in [-0.39, 0.29) is 24.4 Å². The van der Waals surface area contributed by atoms with Crippen LogP contribution in [0.15, 0.2) is 42.5 Å². The molecule has 2 aromatic carbocycles. The highest BCUT2D eigenvalue weighted by Gasteiger charge is 2.31. The molecule has 0 aliphatic rings. The lowest BCUT2D eigenvalue weighted by atomic mass is 10.0. The molecule has 0 aliphatic carbocycles. The third kappa shape index (κ3) is 7.85. The van der Waals surface area contributed by atoms with Gasteiger partial charge in [0.15, 0.2) is 0 Å². The van der Waals surface area contributed by atoms with Crippen molar-refractivity contribution in [2.24, 2.45) is 0 Å². The molecule has 0 aromatic heterocycles. The molecule has 0 aliphatic heterocycles. The van der Waals surface area contributed by atoms with Gasteiger partial charge in [0.2, 0.25) is 21.8 Å². The minimum Gasteiger partial charge on any atom is -0.352 e. The molecule has 2 rings (SSSR count). The highest BCUT2D eigenvalue weighted by atomic mass is 35.5. The first kappa shape index (κ1) is 29.9. The van der Waals surface area contributed by atoms with E-state index in [0.717, 1.165) is 22.5 Å². The smallest absolute Gasteiger partial charge is 0.244 e. The van der Waals surface area contributed by atoms with E-state index in [1.54, 1.807) is 37.3 Å². The second-order valence-electron chi connectivity index (χ2n) is 9.25. The molecule has 0 fully saturated rings. The molecule has 0 spiro atoms. The molecule has 2 unspecified atom stereocenters. The molecule has 7 nitrogen and oxygen atoms in total. The van der Waals surface area contributed by atoms with Crippen LogP contribution in [-0.2, 0) is 26.2 Å². The monoisotopic (exact) mass is 555 g/mol. The maximum Gasteiger partial charge on any atom is 0.244 e. The second-order valence-corrected chi connectivity index (χ2v) is 12.0. The van der Waals surface area contributed by atoms with Crippen LogP contribution in [0.4, 0.5) is 5.69 Å². The van der Waals surface area contributed by atoms with Crippen LogP contribution in [0.1, 0.15) is 58.1 Å². The second kappa shape index (κ2) is 12.8. The number of hydrogen-bond acceptors (Lipinski definition) is 4. The van der Waals surface area contributed by atoms with Crippen molar-refractivity contribution in [1.82, 2.24) is 10.2 Å². The molecular weight excluding hydrogens is 521 g/mol. The van der Waals surface area contributed by atoms with Crippen molar-refractivity contribution in [3.63, 3.8) is 0 Å². The van der Waals surface area contributed by atoms with Crippen molar-refractivity contribution in [3.05, 3.63) is 63.6 Å². The fourth-order valence-electron chi connectivity index (χ4n) is 3.68. The Labute approximate surface area is 224 Å². The first-order valence-electron chi connectivity index (χ1n) is 11.9. The summed E-state index contributed by atoms with van der Waals surface area (Å²) in [5, 5.41) is 3.59. The summed E-state index contributed by atoms with van der Waals surface area (Å²) in [6, 6.07) is 11.1. The third-order valence-electron chi connectivity index (χ3n) is 6.01. The molecule has 0 saturated carbocycles. The van der Waals surface area contributed by atoms with Gasteiger partial charge in [0, 0.05) is 12.6 Å². The summed E-state index contributed by atoms with van der Waals surface area (Å²) in [5.74, 6) is -0.809. The molecule has 0 radical (unpaired) electrons. The van der Waals surface area contributed by atoms with Crippen molar-refractivity contribution in [1.29, 1.82) is 0 Å². The van der Waals surface area contributed by atoms with Crippen molar-refractivity contribution < 1.29 is 18.0 Å². The molecule has 10 heteroatoms. The normalized spacial score (nSPS) is 13.2. The quantitative estimate of drug-likeness (QED) is 0.412. The largest absolute Gasteiger partial charge is 0.352 e. The Balaban J connectivity index is 2.47. The van der Waals surface area contributed by atoms with Gasteiger partial charge in [0.1, 0.15) is 12.6 Å². The van der Waals surface area contributed by atoms with Gasteiger partial charge in [-0.05, 0) is 55.5 Å². The van der Waals surface area contributed by atoms with Gasteiger partial charge in [0.05, 0.1) is 22.0 Å². The molecular formula is C26H35Cl2N3O4S. The fraction of sp³-hybridized carbons (Fsp3) is 0.462. The highest BCUT2D eigenvalue weighted by molar-refractivity contribution is 7.92. The fourth-order valence-corrected chi connectivity index (χ4v) is 4.87. The Morgan fingerprint density at radius 1 is 1.00 bits per heavy atom. The van der Waals surface area contributed by atoms with Crippen molar-refractivity contribution in [3.8, 4) is 0 Å². The lowest BCUT2D eigenvalue weighted by Crippen LogP contribution is -2.52.